The molecule has 0 bridgehead atoms. The van der Waals surface area contributed by atoms with E-state index in [1.165, 1.54) is 20.6 Å². The summed E-state index contributed by atoms with van der Waals surface area (Å²) in [4.78, 5) is 3.71. The second kappa shape index (κ2) is 7.43. The molecule has 2 rings (SSSR count). The van der Waals surface area contributed by atoms with Gasteiger partial charge in [0.25, 0.3) is 0 Å². The Bertz CT molecular complexity index is 568. The summed E-state index contributed by atoms with van der Waals surface area (Å²) in [5.41, 5.74) is 2.54. The maximum absolute atomic E-state index is 3.72. The number of nitrogens with zero attached hydrogens (tertiary/aromatic N) is 1. The van der Waals surface area contributed by atoms with Crippen molar-refractivity contribution in [3.63, 3.8) is 0 Å². The molecule has 2 aromatic rings. The van der Waals surface area contributed by atoms with Crippen molar-refractivity contribution in [2.24, 2.45) is 0 Å². The molecule has 114 valence electrons. The molecular weight excluding hydrogens is 344 g/mol. The van der Waals surface area contributed by atoms with Crippen LogP contribution in [0.1, 0.15) is 43.3 Å². The van der Waals surface area contributed by atoms with Crippen LogP contribution in [0.25, 0.3) is 0 Å². The molecule has 2 atom stereocenters. The molecule has 0 aliphatic carbocycles. The van der Waals surface area contributed by atoms with Crippen molar-refractivity contribution in [2.75, 3.05) is 18.5 Å². The first-order valence-electron chi connectivity index (χ1n) is 7.33. The fraction of sp³-hybridized carbons (Fsp3) is 0.412. The van der Waals surface area contributed by atoms with Gasteiger partial charge in [-0.1, -0.05) is 35.0 Å². The van der Waals surface area contributed by atoms with Crippen LogP contribution >= 0.6 is 27.3 Å². The molecule has 0 spiro atoms. The van der Waals surface area contributed by atoms with Crippen LogP contribution in [0.3, 0.4) is 0 Å². The lowest BCUT2D eigenvalue weighted by Crippen LogP contribution is -2.21. The van der Waals surface area contributed by atoms with Gasteiger partial charge in [-0.2, -0.15) is 0 Å². The summed E-state index contributed by atoms with van der Waals surface area (Å²) >= 11 is 5.53. The van der Waals surface area contributed by atoms with Gasteiger partial charge in [-0.15, -0.1) is 11.3 Å². The SMILES string of the molecule is CCNC(C)c1ccc(N(C)C(C)c2cccs2)cc1Br. The zero-order valence-corrected chi connectivity index (χ0v) is 15.5. The quantitative estimate of drug-likeness (QED) is 0.738. The lowest BCUT2D eigenvalue weighted by molar-refractivity contribution is 0.596. The summed E-state index contributed by atoms with van der Waals surface area (Å²) in [5.74, 6) is 0. The van der Waals surface area contributed by atoms with Crippen molar-refractivity contribution in [2.45, 2.75) is 32.9 Å². The van der Waals surface area contributed by atoms with Crippen LogP contribution < -0.4 is 10.2 Å². The van der Waals surface area contributed by atoms with E-state index in [9.17, 15) is 0 Å². The normalized spacial score (nSPS) is 14.0. The van der Waals surface area contributed by atoms with Crippen LogP contribution in [0.15, 0.2) is 40.2 Å². The Hall–Kier alpha value is -0.840. The number of rotatable bonds is 6. The van der Waals surface area contributed by atoms with Gasteiger partial charge in [0, 0.05) is 28.1 Å². The van der Waals surface area contributed by atoms with Crippen LogP contribution in [-0.4, -0.2) is 13.6 Å². The maximum atomic E-state index is 3.72. The topological polar surface area (TPSA) is 15.3 Å². The predicted molar refractivity (Wildman–Crippen MR) is 97.4 cm³/mol. The molecule has 1 heterocycles. The highest BCUT2D eigenvalue weighted by molar-refractivity contribution is 9.10. The summed E-state index contributed by atoms with van der Waals surface area (Å²) in [5, 5.41) is 5.59. The van der Waals surface area contributed by atoms with Gasteiger partial charge in [0.15, 0.2) is 0 Å². The number of hydrogen-bond donors (Lipinski definition) is 1. The Balaban J connectivity index is 2.19. The highest BCUT2D eigenvalue weighted by atomic mass is 79.9. The Kier molecular flexibility index (Phi) is 5.85. The monoisotopic (exact) mass is 366 g/mol. The summed E-state index contributed by atoms with van der Waals surface area (Å²) < 4.78 is 1.17. The number of anilines is 1. The van der Waals surface area contributed by atoms with E-state index in [-0.39, 0.29) is 0 Å². The van der Waals surface area contributed by atoms with Gasteiger partial charge in [-0.05, 0) is 49.5 Å². The minimum absolute atomic E-state index is 0.360. The van der Waals surface area contributed by atoms with Gasteiger partial charge in [-0.25, -0.2) is 0 Å². The molecule has 0 aliphatic heterocycles. The van der Waals surface area contributed by atoms with Crippen molar-refractivity contribution in [1.29, 1.82) is 0 Å². The van der Waals surface area contributed by atoms with E-state index in [4.69, 9.17) is 0 Å². The highest BCUT2D eigenvalue weighted by Crippen LogP contribution is 2.32. The molecule has 21 heavy (non-hydrogen) atoms. The van der Waals surface area contributed by atoms with Crippen LogP contribution in [0, 0.1) is 0 Å². The van der Waals surface area contributed by atoms with E-state index in [1.54, 1.807) is 0 Å². The molecule has 0 fully saturated rings. The van der Waals surface area contributed by atoms with Crippen molar-refractivity contribution < 1.29 is 0 Å². The van der Waals surface area contributed by atoms with Crippen molar-refractivity contribution in [3.05, 3.63) is 50.6 Å². The van der Waals surface area contributed by atoms with E-state index < -0.39 is 0 Å². The van der Waals surface area contributed by atoms with Gasteiger partial charge in [0.2, 0.25) is 0 Å². The van der Waals surface area contributed by atoms with Crippen molar-refractivity contribution >= 4 is 33.0 Å². The van der Waals surface area contributed by atoms with Crippen LogP contribution in [0.5, 0.6) is 0 Å². The molecule has 2 unspecified atom stereocenters. The molecule has 0 saturated heterocycles. The maximum Gasteiger partial charge on any atom is 0.0603 e. The molecule has 1 aromatic heterocycles. The first kappa shape index (κ1) is 16.5. The largest absolute Gasteiger partial charge is 0.367 e. The Morgan fingerprint density at radius 1 is 1.29 bits per heavy atom. The molecule has 1 N–H and O–H groups in total. The fourth-order valence-electron chi connectivity index (χ4n) is 2.45. The zero-order chi connectivity index (χ0) is 15.4. The number of benzene rings is 1. The summed E-state index contributed by atoms with van der Waals surface area (Å²) in [6.07, 6.45) is 0. The van der Waals surface area contributed by atoms with E-state index in [0.29, 0.717) is 12.1 Å². The van der Waals surface area contributed by atoms with Gasteiger partial charge >= 0.3 is 0 Å². The van der Waals surface area contributed by atoms with Gasteiger partial charge < -0.3 is 10.2 Å². The highest BCUT2D eigenvalue weighted by Gasteiger charge is 2.15. The smallest absolute Gasteiger partial charge is 0.0603 e. The second-order valence-corrected chi connectivity index (χ2v) is 7.12. The van der Waals surface area contributed by atoms with Crippen LogP contribution in [0.2, 0.25) is 0 Å². The summed E-state index contributed by atoms with van der Waals surface area (Å²) in [7, 11) is 2.15. The van der Waals surface area contributed by atoms with Gasteiger partial charge in [0.05, 0.1) is 6.04 Å². The molecule has 2 nitrogen and oxygen atoms in total. The number of nitrogens with one attached hydrogen (secondary N) is 1. The van der Waals surface area contributed by atoms with Crippen LogP contribution in [-0.2, 0) is 0 Å². The van der Waals surface area contributed by atoms with E-state index in [2.05, 4.69) is 89.7 Å². The number of halogens is 1. The molecule has 4 heteroatoms. The van der Waals surface area contributed by atoms with Crippen molar-refractivity contribution in [3.8, 4) is 0 Å². The zero-order valence-electron chi connectivity index (χ0n) is 13.1. The lowest BCUT2D eigenvalue weighted by atomic mass is 10.1. The Labute approximate surface area is 140 Å². The average Bonchev–Trinajstić information content (AvgIpc) is 3.00. The third kappa shape index (κ3) is 3.87. The lowest BCUT2D eigenvalue weighted by Gasteiger charge is -2.27. The molecule has 1 aromatic carbocycles. The van der Waals surface area contributed by atoms with E-state index in [1.807, 2.05) is 11.3 Å². The summed E-state index contributed by atoms with van der Waals surface area (Å²) in [6.45, 7) is 7.55. The molecule has 0 radical (unpaired) electrons. The fourth-order valence-corrected chi connectivity index (χ4v) is 3.98. The Morgan fingerprint density at radius 2 is 2.05 bits per heavy atom. The molecule has 0 saturated carbocycles. The van der Waals surface area contributed by atoms with Gasteiger partial charge in [0.1, 0.15) is 0 Å². The molecular formula is C17H23BrN2S. The van der Waals surface area contributed by atoms with Crippen LogP contribution in [0.4, 0.5) is 5.69 Å². The van der Waals surface area contributed by atoms with E-state index in [0.717, 1.165) is 6.54 Å². The first-order chi connectivity index (χ1) is 10.0. The standard InChI is InChI=1S/C17H23BrN2S/c1-5-19-12(2)15-9-8-14(11-16(15)18)20(4)13(3)17-7-6-10-21-17/h6-13,19H,5H2,1-4H3. The Morgan fingerprint density at radius 3 is 2.62 bits per heavy atom. The molecule has 0 aliphatic rings. The number of hydrogen-bond acceptors (Lipinski definition) is 3. The van der Waals surface area contributed by atoms with Gasteiger partial charge in [-0.3, -0.25) is 0 Å². The van der Waals surface area contributed by atoms with Crippen molar-refractivity contribution in [1.82, 2.24) is 5.32 Å². The van der Waals surface area contributed by atoms with E-state index >= 15 is 0 Å². The second-order valence-electron chi connectivity index (χ2n) is 5.29. The predicted octanol–water partition coefficient (Wildman–Crippen LogP) is 5.38. The average molecular weight is 367 g/mol. The summed E-state index contributed by atoms with van der Waals surface area (Å²) in [6, 6.07) is 11.7. The first-order valence-corrected chi connectivity index (χ1v) is 9.01. The third-order valence-electron chi connectivity index (χ3n) is 3.90. The third-order valence-corrected chi connectivity index (χ3v) is 5.63. The number of thiophene rings is 1. The minimum atomic E-state index is 0.360. The minimum Gasteiger partial charge on any atom is -0.367 e. The molecule has 0 amide bonds.